The minimum atomic E-state index is -1.45. The van der Waals surface area contributed by atoms with E-state index in [1.807, 2.05) is 6.07 Å². The summed E-state index contributed by atoms with van der Waals surface area (Å²) in [6.45, 7) is 8.62. The van der Waals surface area contributed by atoms with Crippen LogP contribution >= 0.6 is 0 Å². The van der Waals surface area contributed by atoms with E-state index in [1.54, 1.807) is 6.20 Å². The van der Waals surface area contributed by atoms with Crippen LogP contribution in [0, 0.1) is 0 Å². The maximum atomic E-state index is 5.93. The summed E-state index contributed by atoms with van der Waals surface area (Å²) in [7, 11) is -2.42. The van der Waals surface area contributed by atoms with Crippen molar-refractivity contribution in [1.82, 2.24) is 15.4 Å². The Morgan fingerprint density at radius 2 is 2.08 bits per heavy atom. The molecule has 13 heavy (non-hydrogen) atoms. The Kier molecular flexibility index (Phi) is 3.29. The summed E-state index contributed by atoms with van der Waals surface area (Å²) >= 11 is 0. The molecule has 71 valence electrons. The molecule has 0 fully saturated rings. The number of hydrogen-bond donors (Lipinski definition) is 0. The highest BCUT2D eigenvalue weighted by molar-refractivity contribution is 6.81. The molecule has 0 saturated carbocycles. The summed E-state index contributed by atoms with van der Waals surface area (Å²) in [5.74, 6) is 0. The minimum absolute atomic E-state index is 0.947. The number of aromatic nitrogens is 3. The topological polar surface area (TPSA) is 47.9 Å². The van der Waals surface area contributed by atoms with Crippen molar-refractivity contribution in [3.8, 4) is 0 Å². The molecule has 0 unspecified atom stereocenters. The fourth-order valence-corrected chi connectivity index (χ4v) is 5.53. The molecule has 0 spiro atoms. The fraction of sp³-hybridized carbons (Fsp3) is 0.571. The lowest BCUT2D eigenvalue weighted by Crippen LogP contribution is -2.42. The van der Waals surface area contributed by atoms with Gasteiger partial charge in [0.25, 0.3) is 9.04 Å². The first-order valence-electron chi connectivity index (χ1n) is 4.16. The lowest BCUT2D eigenvalue weighted by atomic mass is 10.7. The van der Waals surface area contributed by atoms with Crippen LogP contribution in [0.15, 0.2) is 12.3 Å². The molecule has 0 aliphatic rings. The van der Waals surface area contributed by atoms with Gasteiger partial charge in [-0.25, -0.2) is 0 Å². The number of hydrogen-bond acceptors (Lipinski definition) is 4. The first-order chi connectivity index (χ1) is 5.99. The van der Waals surface area contributed by atoms with Crippen LogP contribution in [-0.2, 0) is 4.12 Å². The van der Waals surface area contributed by atoms with Gasteiger partial charge < -0.3 is 4.12 Å². The molecule has 1 aromatic heterocycles. The third-order valence-corrected chi connectivity index (χ3v) is 5.99. The van der Waals surface area contributed by atoms with Crippen LogP contribution in [0.5, 0.6) is 0 Å². The molecule has 6 heteroatoms. The molecule has 4 nitrogen and oxygen atoms in total. The lowest BCUT2D eigenvalue weighted by molar-refractivity contribution is 0.586. The molecular weight excluding hydrogens is 198 g/mol. The Morgan fingerprint density at radius 1 is 1.38 bits per heavy atom. The van der Waals surface area contributed by atoms with Crippen molar-refractivity contribution in [2.45, 2.75) is 26.2 Å². The summed E-state index contributed by atoms with van der Waals surface area (Å²) in [6.07, 6.45) is 1.66. The Morgan fingerprint density at radius 3 is 2.54 bits per heavy atom. The maximum absolute atomic E-state index is 5.93. The Bertz CT molecular complexity index is 262. The third-order valence-electron chi connectivity index (χ3n) is 1.32. The zero-order chi connectivity index (χ0) is 9.90. The molecule has 1 heterocycles. The van der Waals surface area contributed by atoms with Gasteiger partial charge in [-0.3, -0.25) is 0 Å². The maximum Gasteiger partial charge on any atom is 0.255 e. The van der Waals surface area contributed by atoms with Crippen LogP contribution in [-0.4, -0.2) is 32.8 Å². The average molecular weight is 212 g/mol. The van der Waals surface area contributed by atoms with Crippen LogP contribution in [0.3, 0.4) is 0 Å². The van der Waals surface area contributed by atoms with Gasteiger partial charge in [0.2, 0.25) is 0 Å². The molecule has 1 rings (SSSR count). The quantitative estimate of drug-likeness (QED) is 0.687. The second kappa shape index (κ2) is 4.08. The van der Waals surface area contributed by atoms with E-state index in [1.165, 1.54) is 0 Å². The predicted octanol–water partition coefficient (Wildman–Crippen LogP) is 0.551. The van der Waals surface area contributed by atoms with Crippen molar-refractivity contribution in [3.63, 3.8) is 0 Å². The van der Waals surface area contributed by atoms with E-state index < -0.39 is 17.4 Å². The van der Waals surface area contributed by atoms with E-state index in [4.69, 9.17) is 4.12 Å². The molecule has 0 bridgehead atoms. The number of nitrogens with zero attached hydrogens (tertiary/aromatic N) is 3. The lowest BCUT2D eigenvalue weighted by Gasteiger charge is -2.21. The van der Waals surface area contributed by atoms with Crippen LogP contribution in [0.25, 0.3) is 0 Å². The minimum Gasteiger partial charge on any atom is -0.452 e. The normalized spacial score (nSPS) is 12.1. The second-order valence-corrected chi connectivity index (χ2v) is 10.4. The Hall–Kier alpha value is -0.596. The van der Waals surface area contributed by atoms with Crippen molar-refractivity contribution in [3.05, 3.63) is 12.3 Å². The predicted molar refractivity (Wildman–Crippen MR) is 55.5 cm³/mol. The van der Waals surface area contributed by atoms with Crippen molar-refractivity contribution in [2.75, 3.05) is 0 Å². The van der Waals surface area contributed by atoms with Crippen molar-refractivity contribution >= 4 is 22.7 Å². The summed E-state index contributed by atoms with van der Waals surface area (Å²) in [5.41, 5.74) is 0. The highest BCUT2D eigenvalue weighted by Gasteiger charge is 2.21. The second-order valence-electron chi connectivity index (χ2n) is 3.78. The first-order valence-corrected chi connectivity index (χ1v) is 9.48. The van der Waals surface area contributed by atoms with Gasteiger partial charge in [0.15, 0.2) is 8.32 Å². The van der Waals surface area contributed by atoms with E-state index in [0.717, 1.165) is 5.32 Å². The van der Waals surface area contributed by atoms with Gasteiger partial charge in [-0.05, 0) is 37.5 Å². The Balaban J connectivity index is 2.64. The van der Waals surface area contributed by atoms with Gasteiger partial charge in [-0.1, -0.05) is 0 Å². The zero-order valence-corrected chi connectivity index (χ0v) is 10.4. The van der Waals surface area contributed by atoms with Crippen LogP contribution in [0.1, 0.15) is 0 Å². The van der Waals surface area contributed by atoms with E-state index in [-0.39, 0.29) is 0 Å². The van der Waals surface area contributed by atoms with E-state index in [9.17, 15) is 0 Å². The molecule has 1 radical (unpaired) electrons. The van der Waals surface area contributed by atoms with Gasteiger partial charge in [0.05, 0.1) is 11.5 Å². The van der Waals surface area contributed by atoms with E-state index >= 15 is 0 Å². The molecule has 0 atom stereocenters. The summed E-state index contributed by atoms with van der Waals surface area (Å²) in [6, 6.07) is 1.88. The SMILES string of the molecule is C[Si](O[Si](C)(C)C)c1ccnnn1. The molecule has 0 aromatic carbocycles. The molecule has 0 saturated heterocycles. The standard InChI is InChI=1S/C7H14N3OSi2/c1-12(11-13(2,3)4)7-5-6-8-10-9-7/h5-6H,1-4H3. The first kappa shape index (κ1) is 10.5. The van der Waals surface area contributed by atoms with E-state index in [2.05, 4.69) is 41.6 Å². The van der Waals surface area contributed by atoms with Crippen LogP contribution in [0.4, 0.5) is 0 Å². The monoisotopic (exact) mass is 212 g/mol. The largest absolute Gasteiger partial charge is 0.452 e. The van der Waals surface area contributed by atoms with Crippen molar-refractivity contribution in [2.24, 2.45) is 0 Å². The molecule has 0 N–H and O–H groups in total. The highest BCUT2D eigenvalue weighted by atomic mass is 28.4. The van der Waals surface area contributed by atoms with Gasteiger partial charge in [-0.15, -0.1) is 10.2 Å². The summed E-state index contributed by atoms with van der Waals surface area (Å²) < 4.78 is 5.93. The average Bonchev–Trinajstić information content (AvgIpc) is 2.03. The highest BCUT2D eigenvalue weighted by Crippen LogP contribution is 2.03. The smallest absolute Gasteiger partial charge is 0.255 e. The van der Waals surface area contributed by atoms with Gasteiger partial charge >= 0.3 is 0 Å². The van der Waals surface area contributed by atoms with Gasteiger partial charge in [-0.2, -0.15) is 0 Å². The van der Waals surface area contributed by atoms with Crippen molar-refractivity contribution < 1.29 is 4.12 Å². The molecule has 0 amide bonds. The Labute approximate surface area is 81.2 Å². The van der Waals surface area contributed by atoms with Crippen LogP contribution in [0.2, 0.25) is 26.2 Å². The van der Waals surface area contributed by atoms with E-state index in [0.29, 0.717) is 0 Å². The molecular formula is C7H14N3OSi2. The summed E-state index contributed by atoms with van der Waals surface area (Å²) in [4.78, 5) is 0. The van der Waals surface area contributed by atoms with Crippen LogP contribution < -0.4 is 5.32 Å². The number of rotatable bonds is 3. The summed E-state index contributed by atoms with van der Waals surface area (Å²) in [5, 5.41) is 12.1. The van der Waals surface area contributed by atoms with Gasteiger partial charge in [0.1, 0.15) is 0 Å². The van der Waals surface area contributed by atoms with Gasteiger partial charge in [0, 0.05) is 0 Å². The molecule has 0 aliphatic carbocycles. The fourth-order valence-electron chi connectivity index (χ4n) is 0.940. The van der Waals surface area contributed by atoms with Crippen molar-refractivity contribution in [1.29, 1.82) is 0 Å². The molecule has 1 aromatic rings. The third kappa shape index (κ3) is 3.75. The molecule has 0 aliphatic heterocycles. The zero-order valence-electron chi connectivity index (χ0n) is 8.40.